The van der Waals surface area contributed by atoms with Crippen LogP contribution in [-0.4, -0.2) is 12.4 Å². The summed E-state index contributed by atoms with van der Waals surface area (Å²) in [5.74, 6) is 0.796. The van der Waals surface area contributed by atoms with E-state index in [-0.39, 0.29) is 12.4 Å². The van der Waals surface area contributed by atoms with Crippen molar-refractivity contribution in [2.75, 3.05) is 6.61 Å². The number of carbonyl (C=O) groups is 1. The van der Waals surface area contributed by atoms with Gasteiger partial charge in [-0.1, -0.05) is 49.7 Å². The minimum atomic E-state index is 0.0129. The average molecular weight is 282 g/mol. The Balaban J connectivity index is 1.99. The van der Waals surface area contributed by atoms with Gasteiger partial charge in [-0.2, -0.15) is 0 Å². The number of rotatable bonds is 6. The van der Waals surface area contributed by atoms with Crippen molar-refractivity contribution in [1.82, 2.24) is 0 Å². The van der Waals surface area contributed by atoms with Crippen LogP contribution in [0, 0.1) is 13.8 Å². The number of benzene rings is 2. The van der Waals surface area contributed by atoms with Gasteiger partial charge in [-0.15, -0.1) is 0 Å². The highest BCUT2D eigenvalue weighted by Crippen LogP contribution is 2.19. The highest BCUT2D eigenvalue weighted by Gasteiger charge is 2.08. The van der Waals surface area contributed by atoms with Crippen LogP contribution in [0.2, 0.25) is 0 Å². The molecule has 0 aliphatic carbocycles. The van der Waals surface area contributed by atoms with Gasteiger partial charge in [0.05, 0.1) is 0 Å². The van der Waals surface area contributed by atoms with E-state index >= 15 is 0 Å². The van der Waals surface area contributed by atoms with Gasteiger partial charge in [-0.25, -0.2) is 0 Å². The number of Topliss-reactive ketones (excluding diaryl/α,β-unsaturated/α-hetero) is 1. The lowest BCUT2D eigenvalue weighted by atomic mass is 10.1. The van der Waals surface area contributed by atoms with E-state index in [2.05, 4.69) is 6.92 Å². The molecule has 2 aromatic rings. The molecule has 2 rings (SSSR count). The average Bonchev–Trinajstić information content (AvgIpc) is 2.49. The number of ketones is 1. The maximum Gasteiger partial charge on any atom is 0.200 e. The molecule has 0 atom stereocenters. The van der Waals surface area contributed by atoms with Crippen molar-refractivity contribution >= 4 is 5.78 Å². The van der Waals surface area contributed by atoms with Crippen molar-refractivity contribution in [3.8, 4) is 5.75 Å². The van der Waals surface area contributed by atoms with Crippen LogP contribution in [0.25, 0.3) is 0 Å². The standard InChI is InChI=1S/C19H22O2/c1-4-5-16-8-10-17(11-9-16)18(20)13-21-19-12-14(2)6-7-15(19)3/h6-12H,4-5,13H2,1-3H3. The van der Waals surface area contributed by atoms with E-state index in [4.69, 9.17) is 4.74 Å². The normalized spacial score (nSPS) is 10.4. The first kappa shape index (κ1) is 15.3. The van der Waals surface area contributed by atoms with Crippen molar-refractivity contribution in [3.63, 3.8) is 0 Å². The second kappa shape index (κ2) is 7.07. The maximum atomic E-state index is 12.2. The van der Waals surface area contributed by atoms with E-state index in [1.807, 2.05) is 56.3 Å². The van der Waals surface area contributed by atoms with Gasteiger partial charge >= 0.3 is 0 Å². The molecule has 0 N–H and O–H groups in total. The fourth-order valence-electron chi connectivity index (χ4n) is 2.24. The highest BCUT2D eigenvalue weighted by molar-refractivity contribution is 5.97. The zero-order chi connectivity index (χ0) is 15.2. The Morgan fingerprint density at radius 3 is 2.43 bits per heavy atom. The molecule has 0 bridgehead atoms. The summed E-state index contributed by atoms with van der Waals surface area (Å²) in [6.45, 7) is 6.23. The molecular formula is C19H22O2. The van der Waals surface area contributed by atoms with E-state index in [0.717, 1.165) is 29.7 Å². The molecule has 110 valence electrons. The number of aryl methyl sites for hydroxylation is 3. The van der Waals surface area contributed by atoms with E-state index in [1.165, 1.54) is 5.56 Å². The zero-order valence-corrected chi connectivity index (χ0v) is 13.0. The Hall–Kier alpha value is -2.09. The first-order valence-corrected chi connectivity index (χ1v) is 7.42. The zero-order valence-electron chi connectivity index (χ0n) is 13.0. The molecule has 0 fully saturated rings. The second-order valence-electron chi connectivity index (χ2n) is 5.43. The maximum absolute atomic E-state index is 12.2. The number of carbonyl (C=O) groups excluding carboxylic acids is 1. The summed E-state index contributed by atoms with van der Waals surface area (Å²) in [7, 11) is 0. The van der Waals surface area contributed by atoms with Gasteiger partial charge in [-0.3, -0.25) is 4.79 Å². The van der Waals surface area contributed by atoms with Crippen LogP contribution in [0.5, 0.6) is 5.75 Å². The van der Waals surface area contributed by atoms with Crippen LogP contribution in [0.15, 0.2) is 42.5 Å². The molecule has 0 radical (unpaired) electrons. The van der Waals surface area contributed by atoms with Crippen LogP contribution < -0.4 is 4.74 Å². The van der Waals surface area contributed by atoms with Crippen LogP contribution in [0.1, 0.15) is 40.4 Å². The lowest BCUT2D eigenvalue weighted by Crippen LogP contribution is -2.12. The number of hydrogen-bond acceptors (Lipinski definition) is 2. The molecule has 2 nitrogen and oxygen atoms in total. The van der Waals surface area contributed by atoms with Gasteiger partial charge in [0, 0.05) is 5.56 Å². The molecule has 2 heteroatoms. The number of ether oxygens (including phenoxy) is 1. The van der Waals surface area contributed by atoms with Crippen LogP contribution in [0.4, 0.5) is 0 Å². The quantitative estimate of drug-likeness (QED) is 0.728. The van der Waals surface area contributed by atoms with Gasteiger partial charge in [0.15, 0.2) is 12.4 Å². The van der Waals surface area contributed by atoms with Gasteiger partial charge in [0.25, 0.3) is 0 Å². The Kier molecular flexibility index (Phi) is 5.15. The van der Waals surface area contributed by atoms with E-state index < -0.39 is 0 Å². The molecular weight excluding hydrogens is 260 g/mol. The third kappa shape index (κ3) is 4.19. The second-order valence-corrected chi connectivity index (χ2v) is 5.43. The van der Waals surface area contributed by atoms with Crippen LogP contribution in [-0.2, 0) is 6.42 Å². The van der Waals surface area contributed by atoms with Crippen LogP contribution in [0.3, 0.4) is 0 Å². The first-order chi connectivity index (χ1) is 10.1. The minimum Gasteiger partial charge on any atom is -0.485 e. The molecule has 0 saturated carbocycles. The SMILES string of the molecule is CCCc1ccc(C(=O)COc2cc(C)ccc2C)cc1. The van der Waals surface area contributed by atoms with Gasteiger partial charge in [0.1, 0.15) is 5.75 Å². The third-order valence-electron chi connectivity index (χ3n) is 3.52. The fraction of sp³-hybridized carbons (Fsp3) is 0.316. The van der Waals surface area contributed by atoms with E-state index in [9.17, 15) is 4.79 Å². The van der Waals surface area contributed by atoms with Crippen molar-refractivity contribution < 1.29 is 9.53 Å². The first-order valence-electron chi connectivity index (χ1n) is 7.42. The monoisotopic (exact) mass is 282 g/mol. The molecule has 0 unspecified atom stereocenters. The topological polar surface area (TPSA) is 26.3 Å². The summed E-state index contributed by atoms with van der Waals surface area (Å²) in [5, 5.41) is 0. The molecule has 0 aliphatic rings. The highest BCUT2D eigenvalue weighted by atomic mass is 16.5. The smallest absolute Gasteiger partial charge is 0.200 e. The third-order valence-corrected chi connectivity index (χ3v) is 3.52. The Morgan fingerprint density at radius 1 is 1.05 bits per heavy atom. The Bertz CT molecular complexity index is 612. The molecule has 21 heavy (non-hydrogen) atoms. The Labute approximate surface area is 126 Å². The van der Waals surface area contributed by atoms with Crippen LogP contribution >= 0.6 is 0 Å². The molecule has 2 aromatic carbocycles. The van der Waals surface area contributed by atoms with Crippen molar-refractivity contribution in [1.29, 1.82) is 0 Å². The van der Waals surface area contributed by atoms with Crippen molar-refractivity contribution in [3.05, 3.63) is 64.7 Å². The molecule has 0 heterocycles. The van der Waals surface area contributed by atoms with Gasteiger partial charge in [-0.05, 0) is 43.0 Å². The molecule has 0 amide bonds. The van der Waals surface area contributed by atoms with Gasteiger partial charge in [0.2, 0.25) is 0 Å². The van der Waals surface area contributed by atoms with Crippen molar-refractivity contribution in [2.24, 2.45) is 0 Å². The molecule has 0 aromatic heterocycles. The summed E-state index contributed by atoms with van der Waals surface area (Å²) < 4.78 is 5.66. The van der Waals surface area contributed by atoms with Crippen molar-refractivity contribution in [2.45, 2.75) is 33.6 Å². The van der Waals surface area contributed by atoms with E-state index in [0.29, 0.717) is 5.56 Å². The summed E-state index contributed by atoms with van der Waals surface area (Å²) in [6, 6.07) is 13.8. The summed E-state index contributed by atoms with van der Waals surface area (Å²) in [5.41, 5.74) is 4.16. The van der Waals surface area contributed by atoms with E-state index in [1.54, 1.807) is 0 Å². The summed E-state index contributed by atoms with van der Waals surface area (Å²) in [6.07, 6.45) is 2.16. The molecule has 0 aliphatic heterocycles. The Morgan fingerprint density at radius 2 is 1.76 bits per heavy atom. The molecule has 0 spiro atoms. The number of hydrogen-bond donors (Lipinski definition) is 0. The fourth-order valence-corrected chi connectivity index (χ4v) is 2.24. The van der Waals surface area contributed by atoms with Gasteiger partial charge < -0.3 is 4.74 Å². The largest absolute Gasteiger partial charge is 0.485 e. The lowest BCUT2D eigenvalue weighted by Gasteiger charge is -2.09. The molecule has 0 saturated heterocycles. The minimum absolute atomic E-state index is 0.0129. The summed E-state index contributed by atoms with van der Waals surface area (Å²) >= 11 is 0. The predicted molar refractivity (Wildman–Crippen MR) is 86.2 cm³/mol. The lowest BCUT2D eigenvalue weighted by molar-refractivity contribution is 0.0921. The predicted octanol–water partition coefficient (Wildman–Crippen LogP) is 4.52. The summed E-state index contributed by atoms with van der Waals surface area (Å²) in [4.78, 5) is 12.2.